The van der Waals surface area contributed by atoms with Crippen molar-refractivity contribution in [1.29, 1.82) is 0 Å². The summed E-state index contributed by atoms with van der Waals surface area (Å²) in [5.41, 5.74) is 1.82. The van der Waals surface area contributed by atoms with E-state index in [-0.39, 0.29) is 24.2 Å². The third kappa shape index (κ3) is 4.23. The van der Waals surface area contributed by atoms with E-state index < -0.39 is 5.41 Å². The first-order valence-electron chi connectivity index (χ1n) is 9.65. The molecule has 2 heterocycles. The molecule has 7 heteroatoms. The van der Waals surface area contributed by atoms with Gasteiger partial charge in [0.1, 0.15) is 5.82 Å². The predicted molar refractivity (Wildman–Crippen MR) is 107 cm³/mol. The highest BCUT2D eigenvalue weighted by atomic mass is 35.5. The van der Waals surface area contributed by atoms with Crippen LogP contribution in [0.25, 0.3) is 0 Å². The quantitative estimate of drug-likeness (QED) is 0.784. The number of amides is 1. The summed E-state index contributed by atoms with van der Waals surface area (Å²) in [6.45, 7) is 7.20. The van der Waals surface area contributed by atoms with Crippen LogP contribution in [0.3, 0.4) is 0 Å². The third-order valence-electron chi connectivity index (χ3n) is 5.65. The monoisotopic (exact) mass is 407 g/mol. The second kappa shape index (κ2) is 8.62. The van der Waals surface area contributed by atoms with Crippen LogP contribution in [0.4, 0.5) is 4.39 Å². The Bertz CT molecular complexity index is 846. The zero-order valence-electron chi connectivity index (χ0n) is 16.6. The number of nitrogens with zero attached hydrogens (tertiary/aromatic N) is 2. The molecule has 1 atom stereocenters. The fourth-order valence-corrected chi connectivity index (χ4v) is 4.09. The Kier molecular flexibility index (Phi) is 6.40. The molecule has 1 aromatic carbocycles. The maximum Gasteiger partial charge on any atom is 0.222 e. The normalized spacial score (nSPS) is 17.3. The van der Waals surface area contributed by atoms with Gasteiger partial charge in [0, 0.05) is 31.6 Å². The first-order chi connectivity index (χ1) is 13.3. The summed E-state index contributed by atoms with van der Waals surface area (Å²) in [7, 11) is 0. The summed E-state index contributed by atoms with van der Waals surface area (Å²) in [4.78, 5) is 12.6. The SMILES string of the molecule is Cc1nn([C@@H](C)CC(=O)NCC2(c3ccccc3F)CCOCC2)c(C)c1Cl. The Morgan fingerprint density at radius 1 is 1.36 bits per heavy atom. The molecule has 1 aliphatic heterocycles. The Labute approximate surface area is 170 Å². The molecular weight excluding hydrogens is 381 g/mol. The molecule has 152 valence electrons. The second-order valence-corrected chi connectivity index (χ2v) is 8.01. The molecular formula is C21H27ClFN3O2. The van der Waals surface area contributed by atoms with E-state index in [1.165, 1.54) is 6.07 Å². The maximum atomic E-state index is 14.5. The molecule has 0 unspecified atom stereocenters. The number of halogens is 2. The van der Waals surface area contributed by atoms with Crippen molar-refractivity contribution in [3.63, 3.8) is 0 Å². The molecule has 0 radical (unpaired) electrons. The van der Waals surface area contributed by atoms with Crippen molar-refractivity contribution in [2.75, 3.05) is 19.8 Å². The van der Waals surface area contributed by atoms with E-state index in [4.69, 9.17) is 16.3 Å². The summed E-state index contributed by atoms with van der Waals surface area (Å²) in [5.74, 6) is -0.317. The number of aryl methyl sites for hydroxylation is 1. The van der Waals surface area contributed by atoms with Crippen molar-refractivity contribution in [2.45, 2.75) is 51.5 Å². The van der Waals surface area contributed by atoms with Crippen LogP contribution < -0.4 is 5.32 Å². The predicted octanol–water partition coefficient (Wildman–Crippen LogP) is 4.11. The average Bonchev–Trinajstić information content (AvgIpc) is 2.95. The molecule has 1 aromatic heterocycles. The molecule has 0 spiro atoms. The van der Waals surface area contributed by atoms with Gasteiger partial charge in [-0.25, -0.2) is 4.39 Å². The minimum absolute atomic E-state index is 0.0848. The molecule has 2 aromatic rings. The number of aromatic nitrogens is 2. The summed E-state index contributed by atoms with van der Waals surface area (Å²) in [5, 5.41) is 8.08. The van der Waals surface area contributed by atoms with Gasteiger partial charge in [-0.05, 0) is 45.2 Å². The number of carbonyl (C=O) groups is 1. The number of benzene rings is 1. The van der Waals surface area contributed by atoms with Gasteiger partial charge in [0.2, 0.25) is 5.91 Å². The molecule has 1 amide bonds. The van der Waals surface area contributed by atoms with Crippen molar-refractivity contribution in [3.8, 4) is 0 Å². The number of hydrogen-bond acceptors (Lipinski definition) is 3. The Morgan fingerprint density at radius 2 is 2.04 bits per heavy atom. The van der Waals surface area contributed by atoms with E-state index >= 15 is 0 Å². The Balaban J connectivity index is 1.69. The maximum absolute atomic E-state index is 14.5. The smallest absolute Gasteiger partial charge is 0.222 e. The van der Waals surface area contributed by atoms with E-state index in [0.29, 0.717) is 43.2 Å². The first kappa shape index (κ1) is 20.8. The molecule has 0 saturated carbocycles. The fourth-order valence-electron chi connectivity index (χ4n) is 3.96. The highest BCUT2D eigenvalue weighted by molar-refractivity contribution is 6.31. The van der Waals surface area contributed by atoms with Gasteiger partial charge in [-0.2, -0.15) is 5.10 Å². The standard InChI is InChI=1S/C21H27ClFN3O2/c1-14(26-16(3)20(22)15(2)25-26)12-19(27)24-13-21(8-10-28-11-9-21)17-6-4-5-7-18(17)23/h4-7,14H,8-13H2,1-3H3,(H,24,27)/t14-/m0/s1. The molecule has 1 N–H and O–H groups in total. The van der Waals surface area contributed by atoms with Crippen LogP contribution in [0.2, 0.25) is 5.02 Å². The minimum atomic E-state index is -0.440. The van der Waals surface area contributed by atoms with Crippen LogP contribution in [0.1, 0.15) is 49.2 Å². The second-order valence-electron chi connectivity index (χ2n) is 7.63. The van der Waals surface area contributed by atoms with Crippen LogP contribution in [-0.2, 0) is 14.9 Å². The van der Waals surface area contributed by atoms with E-state index in [1.54, 1.807) is 10.7 Å². The lowest BCUT2D eigenvalue weighted by molar-refractivity contribution is -0.122. The van der Waals surface area contributed by atoms with Gasteiger partial charge in [-0.15, -0.1) is 0 Å². The van der Waals surface area contributed by atoms with Gasteiger partial charge < -0.3 is 10.1 Å². The van der Waals surface area contributed by atoms with E-state index in [0.717, 1.165) is 11.4 Å². The average molecular weight is 408 g/mol. The molecule has 3 rings (SSSR count). The van der Waals surface area contributed by atoms with Gasteiger partial charge in [0.25, 0.3) is 0 Å². The van der Waals surface area contributed by atoms with Crippen LogP contribution in [0.5, 0.6) is 0 Å². The van der Waals surface area contributed by atoms with Crippen molar-refractivity contribution in [2.24, 2.45) is 0 Å². The lowest BCUT2D eigenvalue weighted by atomic mass is 9.74. The topological polar surface area (TPSA) is 56.2 Å². The van der Waals surface area contributed by atoms with Crippen LogP contribution >= 0.6 is 11.6 Å². The Hall–Kier alpha value is -1.92. The number of carbonyl (C=O) groups excluding carboxylic acids is 1. The zero-order valence-corrected chi connectivity index (χ0v) is 17.4. The van der Waals surface area contributed by atoms with Crippen molar-refractivity contribution in [3.05, 3.63) is 52.1 Å². The highest BCUT2D eigenvalue weighted by Gasteiger charge is 2.37. The van der Waals surface area contributed by atoms with Crippen LogP contribution in [0, 0.1) is 19.7 Å². The number of nitrogens with one attached hydrogen (secondary N) is 1. The lowest BCUT2D eigenvalue weighted by Gasteiger charge is -2.38. The van der Waals surface area contributed by atoms with E-state index in [9.17, 15) is 9.18 Å². The van der Waals surface area contributed by atoms with Crippen molar-refractivity contribution < 1.29 is 13.9 Å². The molecule has 5 nitrogen and oxygen atoms in total. The summed E-state index contributed by atoms with van der Waals surface area (Å²) < 4.78 is 21.8. The van der Waals surface area contributed by atoms with Gasteiger partial charge >= 0.3 is 0 Å². The highest BCUT2D eigenvalue weighted by Crippen LogP contribution is 2.36. The van der Waals surface area contributed by atoms with Crippen LogP contribution in [-0.4, -0.2) is 35.4 Å². The number of hydrogen-bond donors (Lipinski definition) is 1. The van der Waals surface area contributed by atoms with Crippen molar-refractivity contribution >= 4 is 17.5 Å². The molecule has 0 aliphatic carbocycles. The first-order valence-corrected chi connectivity index (χ1v) is 10.0. The van der Waals surface area contributed by atoms with Gasteiger partial charge in [0.05, 0.1) is 22.5 Å². The molecule has 28 heavy (non-hydrogen) atoms. The largest absolute Gasteiger partial charge is 0.381 e. The number of rotatable bonds is 6. The fraction of sp³-hybridized carbons (Fsp3) is 0.524. The zero-order chi connectivity index (χ0) is 20.3. The Morgan fingerprint density at radius 3 is 2.64 bits per heavy atom. The molecule has 1 saturated heterocycles. The lowest BCUT2D eigenvalue weighted by Crippen LogP contribution is -2.45. The van der Waals surface area contributed by atoms with Gasteiger partial charge in [-0.3, -0.25) is 9.48 Å². The van der Waals surface area contributed by atoms with Gasteiger partial charge in [-0.1, -0.05) is 29.8 Å². The molecule has 0 bridgehead atoms. The van der Waals surface area contributed by atoms with Crippen molar-refractivity contribution in [1.82, 2.24) is 15.1 Å². The summed E-state index contributed by atoms with van der Waals surface area (Å²) in [6, 6.07) is 6.69. The van der Waals surface area contributed by atoms with E-state index in [1.807, 2.05) is 32.9 Å². The van der Waals surface area contributed by atoms with Gasteiger partial charge in [0.15, 0.2) is 0 Å². The summed E-state index contributed by atoms with van der Waals surface area (Å²) >= 11 is 6.21. The van der Waals surface area contributed by atoms with Crippen LogP contribution in [0.15, 0.2) is 24.3 Å². The number of ether oxygens (including phenoxy) is 1. The van der Waals surface area contributed by atoms with E-state index in [2.05, 4.69) is 10.4 Å². The molecule has 1 fully saturated rings. The minimum Gasteiger partial charge on any atom is -0.381 e. The third-order valence-corrected chi connectivity index (χ3v) is 6.20. The summed E-state index contributed by atoms with van der Waals surface area (Å²) in [6.07, 6.45) is 1.63. The molecule has 1 aliphatic rings.